The Morgan fingerprint density at radius 1 is 1.20 bits per heavy atom. The molecule has 0 saturated heterocycles. The third-order valence-electron chi connectivity index (χ3n) is 2.09. The highest BCUT2D eigenvalue weighted by Gasteiger charge is 2.46. The Morgan fingerprint density at radius 3 is 2.20 bits per heavy atom. The molecule has 6 nitrogen and oxygen atoms in total. The molecule has 1 aromatic rings. The van der Waals surface area contributed by atoms with Gasteiger partial charge in [0.1, 0.15) is 12.4 Å². The van der Waals surface area contributed by atoms with Gasteiger partial charge in [0.2, 0.25) is 0 Å². The van der Waals surface area contributed by atoms with E-state index in [2.05, 4.69) is 4.99 Å². The Balaban J connectivity index is 2.73. The molecule has 112 valence electrons. The topological polar surface area (TPSA) is 108 Å². The molecule has 0 radical (unpaired) electrons. The number of benzene rings is 1. The second kappa shape index (κ2) is 5.99. The minimum atomic E-state index is -5.34. The van der Waals surface area contributed by atoms with E-state index in [4.69, 9.17) is 16.2 Å². The molecule has 0 bridgehead atoms. The van der Waals surface area contributed by atoms with Gasteiger partial charge in [0.05, 0.1) is 11.4 Å². The van der Waals surface area contributed by atoms with Crippen molar-refractivity contribution in [1.29, 1.82) is 0 Å². The molecule has 0 aliphatic rings. The maximum atomic E-state index is 12.3. The smallest absolute Gasteiger partial charge is 0.492 e. The Hall–Kier alpha value is -1.97. The summed E-state index contributed by atoms with van der Waals surface area (Å²) >= 11 is 0. The van der Waals surface area contributed by atoms with E-state index in [0.717, 1.165) is 24.3 Å². The highest BCUT2D eigenvalue weighted by atomic mass is 32.2. The fraction of sp³-hybridized carbons (Fsp3) is 0.300. The number of guanidine groups is 1. The summed E-state index contributed by atoms with van der Waals surface area (Å²) < 4.78 is 64.2. The minimum absolute atomic E-state index is 0.100. The van der Waals surface area contributed by atoms with Crippen LogP contribution >= 0.6 is 0 Å². The van der Waals surface area contributed by atoms with Gasteiger partial charge < -0.3 is 16.2 Å². The van der Waals surface area contributed by atoms with Gasteiger partial charge in [0.25, 0.3) is 9.84 Å². The van der Waals surface area contributed by atoms with Crippen molar-refractivity contribution in [1.82, 2.24) is 0 Å². The molecule has 0 fully saturated rings. The fourth-order valence-electron chi connectivity index (χ4n) is 1.19. The van der Waals surface area contributed by atoms with E-state index in [1.165, 1.54) is 0 Å². The van der Waals surface area contributed by atoms with Crippen LogP contribution < -0.4 is 16.2 Å². The van der Waals surface area contributed by atoms with Crippen molar-refractivity contribution in [3.63, 3.8) is 0 Å². The van der Waals surface area contributed by atoms with Crippen LogP contribution in [-0.2, 0) is 9.84 Å². The third kappa shape index (κ3) is 4.02. The zero-order chi connectivity index (χ0) is 15.4. The number of hydrogen-bond donors (Lipinski definition) is 2. The number of aliphatic imine (C=N–C) groups is 1. The molecule has 0 amide bonds. The Bertz CT molecular complexity index is 578. The molecule has 0 aromatic heterocycles. The van der Waals surface area contributed by atoms with Gasteiger partial charge in [-0.2, -0.15) is 13.2 Å². The first-order valence-corrected chi connectivity index (χ1v) is 6.72. The number of nitrogens with two attached hydrogens (primary N) is 2. The van der Waals surface area contributed by atoms with Gasteiger partial charge >= 0.3 is 5.51 Å². The van der Waals surface area contributed by atoms with E-state index in [-0.39, 0.29) is 24.9 Å². The zero-order valence-electron chi connectivity index (χ0n) is 10.1. The molecule has 1 aromatic carbocycles. The number of rotatable bonds is 5. The molecule has 20 heavy (non-hydrogen) atoms. The summed E-state index contributed by atoms with van der Waals surface area (Å²) in [5.41, 5.74) is 4.83. The monoisotopic (exact) mass is 311 g/mol. The Morgan fingerprint density at radius 2 is 1.75 bits per heavy atom. The summed E-state index contributed by atoms with van der Waals surface area (Å²) in [5, 5.41) is 0. The second-order valence-electron chi connectivity index (χ2n) is 3.58. The summed E-state index contributed by atoms with van der Waals surface area (Å²) in [6, 6.07) is 3.87. The number of hydrogen-bond acceptors (Lipinski definition) is 4. The fourth-order valence-corrected chi connectivity index (χ4v) is 1.95. The highest BCUT2D eigenvalue weighted by molar-refractivity contribution is 7.92. The van der Waals surface area contributed by atoms with Gasteiger partial charge in [0.15, 0.2) is 5.96 Å². The molecule has 0 heterocycles. The lowest BCUT2D eigenvalue weighted by atomic mass is 10.3. The lowest BCUT2D eigenvalue weighted by molar-refractivity contribution is -0.0436. The van der Waals surface area contributed by atoms with Gasteiger partial charge in [-0.15, -0.1) is 0 Å². The van der Waals surface area contributed by atoms with Crippen molar-refractivity contribution in [2.45, 2.75) is 10.4 Å². The summed E-state index contributed by atoms with van der Waals surface area (Å²) in [6.07, 6.45) is 0. The molecule has 4 N–H and O–H groups in total. The maximum absolute atomic E-state index is 12.3. The van der Waals surface area contributed by atoms with E-state index in [1.807, 2.05) is 0 Å². The zero-order valence-corrected chi connectivity index (χ0v) is 10.9. The predicted octanol–water partition coefficient (Wildman–Crippen LogP) is 0.632. The Labute approximate surface area is 113 Å². The SMILES string of the molecule is NC(N)=NCCOc1ccc(S(=O)(=O)C(F)(F)F)cc1. The van der Waals surface area contributed by atoms with Crippen LogP contribution in [0.2, 0.25) is 0 Å². The van der Waals surface area contributed by atoms with Crippen LogP contribution in [0, 0.1) is 0 Å². The van der Waals surface area contributed by atoms with Gasteiger partial charge in [-0.05, 0) is 24.3 Å². The first kappa shape index (κ1) is 16.1. The first-order chi connectivity index (χ1) is 9.14. The van der Waals surface area contributed by atoms with Gasteiger partial charge in [0, 0.05) is 0 Å². The molecule has 1 rings (SSSR count). The molecule has 10 heteroatoms. The normalized spacial score (nSPS) is 11.9. The quantitative estimate of drug-likeness (QED) is 0.471. The van der Waals surface area contributed by atoms with Crippen LogP contribution in [0.25, 0.3) is 0 Å². The minimum Gasteiger partial charge on any atom is -0.492 e. The first-order valence-electron chi connectivity index (χ1n) is 5.24. The van der Waals surface area contributed by atoms with Gasteiger partial charge in [-0.3, -0.25) is 4.99 Å². The summed E-state index contributed by atoms with van der Waals surface area (Å²) in [6.45, 7) is 0.272. The summed E-state index contributed by atoms with van der Waals surface area (Å²) in [4.78, 5) is 2.79. The van der Waals surface area contributed by atoms with Crippen LogP contribution in [0.3, 0.4) is 0 Å². The van der Waals surface area contributed by atoms with E-state index in [9.17, 15) is 21.6 Å². The lowest BCUT2D eigenvalue weighted by Gasteiger charge is -2.09. The number of ether oxygens (including phenoxy) is 1. The number of halogens is 3. The van der Waals surface area contributed by atoms with Crippen molar-refractivity contribution in [2.75, 3.05) is 13.2 Å². The largest absolute Gasteiger partial charge is 0.501 e. The van der Waals surface area contributed by atoms with E-state index in [0.29, 0.717) is 0 Å². The molecule has 0 unspecified atom stereocenters. The number of sulfone groups is 1. The number of nitrogens with zero attached hydrogens (tertiary/aromatic N) is 1. The van der Waals surface area contributed by atoms with Crippen LogP contribution in [0.5, 0.6) is 5.75 Å². The molecule has 0 atom stereocenters. The van der Waals surface area contributed by atoms with Gasteiger partial charge in [-0.1, -0.05) is 0 Å². The summed E-state index contributed by atoms with van der Waals surface area (Å²) in [7, 11) is -5.34. The standard InChI is InChI=1S/C10H12F3N3O3S/c11-10(12,13)20(17,18)8-3-1-7(2-4-8)19-6-5-16-9(14)15/h1-4H,5-6H2,(H4,14,15,16). The molecule has 0 aliphatic heterocycles. The third-order valence-corrected chi connectivity index (χ3v) is 3.60. The Kier molecular flexibility index (Phi) is 4.82. The lowest BCUT2D eigenvalue weighted by Crippen LogP contribution is -2.23. The van der Waals surface area contributed by atoms with E-state index < -0.39 is 20.2 Å². The van der Waals surface area contributed by atoms with Crippen LogP contribution in [-0.4, -0.2) is 33.0 Å². The van der Waals surface area contributed by atoms with Crippen LogP contribution in [0.15, 0.2) is 34.2 Å². The van der Waals surface area contributed by atoms with Crippen molar-refractivity contribution < 1.29 is 26.3 Å². The predicted molar refractivity (Wildman–Crippen MR) is 65.9 cm³/mol. The van der Waals surface area contributed by atoms with Crippen molar-refractivity contribution >= 4 is 15.8 Å². The summed E-state index contributed by atoms with van der Waals surface area (Å²) in [5.74, 6) is 0.0946. The van der Waals surface area contributed by atoms with Crippen LogP contribution in [0.1, 0.15) is 0 Å². The molecule has 0 saturated carbocycles. The molecular formula is C10H12F3N3O3S. The van der Waals surface area contributed by atoms with E-state index in [1.54, 1.807) is 0 Å². The number of alkyl halides is 3. The van der Waals surface area contributed by atoms with Gasteiger partial charge in [-0.25, -0.2) is 8.42 Å². The average molecular weight is 311 g/mol. The van der Waals surface area contributed by atoms with Crippen molar-refractivity contribution in [2.24, 2.45) is 16.5 Å². The van der Waals surface area contributed by atoms with Crippen LogP contribution in [0.4, 0.5) is 13.2 Å². The van der Waals surface area contributed by atoms with Crippen molar-refractivity contribution in [3.05, 3.63) is 24.3 Å². The van der Waals surface area contributed by atoms with Crippen molar-refractivity contribution in [3.8, 4) is 5.75 Å². The molecule has 0 aliphatic carbocycles. The second-order valence-corrected chi connectivity index (χ2v) is 5.52. The highest BCUT2D eigenvalue weighted by Crippen LogP contribution is 2.30. The maximum Gasteiger partial charge on any atom is 0.501 e. The van der Waals surface area contributed by atoms with E-state index >= 15 is 0 Å². The average Bonchev–Trinajstić information content (AvgIpc) is 2.33. The molecule has 0 spiro atoms. The molecular weight excluding hydrogens is 299 g/mol.